The topological polar surface area (TPSA) is 140 Å². The van der Waals surface area contributed by atoms with Crippen LogP contribution in [0.25, 0.3) is 0 Å². The van der Waals surface area contributed by atoms with Gasteiger partial charge in [-0.3, -0.25) is 14.2 Å². The molecule has 3 aromatic rings. The monoisotopic (exact) mass is 539 g/mol. The predicted molar refractivity (Wildman–Crippen MR) is 135 cm³/mol. The first kappa shape index (κ1) is 26.1. The largest absolute Gasteiger partial charge is 0.497 e. The molecule has 13 heteroatoms. The summed E-state index contributed by atoms with van der Waals surface area (Å²) >= 11 is 6.06. The van der Waals surface area contributed by atoms with Crippen LogP contribution in [0.5, 0.6) is 11.5 Å². The highest BCUT2D eigenvalue weighted by atomic mass is 35.5. The highest BCUT2D eigenvalue weighted by Crippen LogP contribution is 2.31. The van der Waals surface area contributed by atoms with E-state index in [9.17, 15) is 21.6 Å². The summed E-state index contributed by atoms with van der Waals surface area (Å²) < 4.78 is 63.4. The lowest BCUT2D eigenvalue weighted by molar-refractivity contribution is 0.102. The zero-order valence-corrected chi connectivity index (χ0v) is 21.2. The van der Waals surface area contributed by atoms with Gasteiger partial charge in [-0.25, -0.2) is 16.8 Å². The second-order valence-electron chi connectivity index (χ2n) is 7.22. The molecule has 0 aliphatic carbocycles. The van der Waals surface area contributed by atoms with Gasteiger partial charge in [0.15, 0.2) is 0 Å². The molecular formula is C22H22ClN3O7S2. The fourth-order valence-corrected chi connectivity index (χ4v) is 4.88. The van der Waals surface area contributed by atoms with Crippen LogP contribution in [0, 0.1) is 0 Å². The number of anilines is 3. The molecule has 0 aliphatic rings. The summed E-state index contributed by atoms with van der Waals surface area (Å²) in [7, 11) is -4.62. The standard InChI is InChI=1S/C22H22ClN3O7S2/c1-32-16-7-11-21(33-2)20(13-16)26-35(30,31)17-8-5-15(6-9-17)24-22(27)14-4-10-19(18(23)12-14)25-34(3,28)29/h4-13,25-26H,1-3H3,(H,24,27). The number of rotatable bonds is 9. The lowest BCUT2D eigenvalue weighted by Crippen LogP contribution is -2.15. The van der Waals surface area contributed by atoms with Crippen molar-refractivity contribution >= 4 is 54.6 Å². The van der Waals surface area contributed by atoms with E-state index in [1.54, 1.807) is 12.1 Å². The maximum absolute atomic E-state index is 12.8. The zero-order chi connectivity index (χ0) is 25.8. The smallest absolute Gasteiger partial charge is 0.262 e. The zero-order valence-electron chi connectivity index (χ0n) is 18.8. The van der Waals surface area contributed by atoms with Gasteiger partial charge in [-0.05, 0) is 54.6 Å². The first-order valence-electron chi connectivity index (χ1n) is 9.85. The molecule has 0 saturated carbocycles. The Morgan fingerprint density at radius 1 is 0.829 bits per heavy atom. The third kappa shape index (κ3) is 6.78. The number of benzene rings is 3. The van der Waals surface area contributed by atoms with Gasteiger partial charge in [0.1, 0.15) is 11.5 Å². The number of nitrogens with one attached hydrogen (secondary N) is 3. The van der Waals surface area contributed by atoms with E-state index >= 15 is 0 Å². The predicted octanol–water partition coefficient (Wildman–Crippen LogP) is 3.78. The van der Waals surface area contributed by atoms with Crippen molar-refractivity contribution in [3.8, 4) is 11.5 Å². The van der Waals surface area contributed by atoms with Crippen molar-refractivity contribution in [1.82, 2.24) is 0 Å². The molecule has 3 rings (SSSR count). The molecule has 0 aromatic heterocycles. The van der Waals surface area contributed by atoms with Gasteiger partial charge in [-0.15, -0.1) is 0 Å². The molecule has 0 bridgehead atoms. The van der Waals surface area contributed by atoms with Crippen LogP contribution >= 0.6 is 11.6 Å². The summed E-state index contributed by atoms with van der Waals surface area (Å²) in [5.74, 6) is 0.240. The summed E-state index contributed by atoms with van der Waals surface area (Å²) in [6.45, 7) is 0. The van der Waals surface area contributed by atoms with Gasteiger partial charge in [0.05, 0.1) is 41.8 Å². The minimum Gasteiger partial charge on any atom is -0.497 e. The molecule has 3 aromatic carbocycles. The van der Waals surface area contributed by atoms with Crippen molar-refractivity contribution in [2.45, 2.75) is 4.90 Å². The van der Waals surface area contributed by atoms with Crippen molar-refractivity contribution in [1.29, 1.82) is 0 Å². The second kappa shape index (κ2) is 10.4. The number of hydrogen-bond donors (Lipinski definition) is 3. The normalized spacial score (nSPS) is 11.4. The molecule has 35 heavy (non-hydrogen) atoms. The quantitative estimate of drug-likeness (QED) is 0.376. The van der Waals surface area contributed by atoms with E-state index in [1.807, 2.05) is 0 Å². The van der Waals surface area contributed by atoms with Crippen LogP contribution in [0.2, 0.25) is 5.02 Å². The molecule has 0 radical (unpaired) electrons. The Bertz CT molecular complexity index is 1460. The number of sulfonamides is 2. The average Bonchev–Trinajstić information content (AvgIpc) is 2.79. The average molecular weight is 540 g/mol. The lowest BCUT2D eigenvalue weighted by Gasteiger charge is -2.13. The Hall–Kier alpha value is -3.48. The SMILES string of the molecule is COc1ccc(OC)c(NS(=O)(=O)c2ccc(NC(=O)c3ccc(NS(C)(=O)=O)c(Cl)c3)cc2)c1. The van der Waals surface area contributed by atoms with Gasteiger partial charge in [0.25, 0.3) is 15.9 Å². The van der Waals surface area contributed by atoms with Gasteiger partial charge in [-0.2, -0.15) is 0 Å². The molecule has 0 unspecified atom stereocenters. The molecule has 0 atom stereocenters. The fraction of sp³-hybridized carbons (Fsp3) is 0.136. The van der Waals surface area contributed by atoms with Crippen LogP contribution in [0.3, 0.4) is 0 Å². The van der Waals surface area contributed by atoms with Gasteiger partial charge < -0.3 is 14.8 Å². The van der Waals surface area contributed by atoms with Crippen molar-refractivity contribution in [3.63, 3.8) is 0 Å². The highest BCUT2D eigenvalue weighted by Gasteiger charge is 2.18. The van der Waals surface area contributed by atoms with Gasteiger partial charge in [-0.1, -0.05) is 11.6 Å². The van der Waals surface area contributed by atoms with E-state index in [0.717, 1.165) is 6.26 Å². The van der Waals surface area contributed by atoms with E-state index in [2.05, 4.69) is 14.8 Å². The minimum atomic E-state index is -3.97. The van der Waals surface area contributed by atoms with Crippen LogP contribution in [-0.2, 0) is 20.0 Å². The number of methoxy groups -OCH3 is 2. The van der Waals surface area contributed by atoms with E-state index in [4.69, 9.17) is 21.1 Å². The van der Waals surface area contributed by atoms with Gasteiger partial charge in [0.2, 0.25) is 10.0 Å². The number of carbonyl (C=O) groups excluding carboxylic acids is 1. The van der Waals surface area contributed by atoms with Crippen LogP contribution in [-0.4, -0.2) is 43.2 Å². The maximum atomic E-state index is 12.8. The third-order valence-corrected chi connectivity index (χ3v) is 6.88. The second-order valence-corrected chi connectivity index (χ2v) is 11.1. The number of carbonyl (C=O) groups is 1. The van der Waals surface area contributed by atoms with E-state index in [1.165, 1.54) is 62.8 Å². The Labute approximate surface area is 208 Å². The number of hydrogen-bond acceptors (Lipinski definition) is 7. The summed E-state index contributed by atoms with van der Waals surface area (Å²) in [4.78, 5) is 12.5. The van der Waals surface area contributed by atoms with E-state index < -0.39 is 26.0 Å². The molecule has 0 spiro atoms. The van der Waals surface area contributed by atoms with Crippen LogP contribution in [0.4, 0.5) is 17.1 Å². The minimum absolute atomic E-state index is 0.0420. The fourth-order valence-electron chi connectivity index (χ4n) is 2.96. The first-order valence-corrected chi connectivity index (χ1v) is 13.6. The number of halogens is 1. The van der Waals surface area contributed by atoms with E-state index in [0.29, 0.717) is 17.2 Å². The van der Waals surface area contributed by atoms with Gasteiger partial charge >= 0.3 is 0 Å². The Balaban J connectivity index is 1.74. The van der Waals surface area contributed by atoms with Crippen LogP contribution in [0.1, 0.15) is 10.4 Å². The molecular weight excluding hydrogens is 518 g/mol. The van der Waals surface area contributed by atoms with Crippen molar-refractivity contribution < 1.29 is 31.1 Å². The Morgan fingerprint density at radius 2 is 1.51 bits per heavy atom. The maximum Gasteiger partial charge on any atom is 0.262 e. The van der Waals surface area contributed by atoms with E-state index in [-0.39, 0.29) is 26.9 Å². The first-order chi connectivity index (χ1) is 16.4. The lowest BCUT2D eigenvalue weighted by atomic mass is 10.2. The van der Waals surface area contributed by atoms with Crippen molar-refractivity contribution in [3.05, 3.63) is 71.2 Å². The molecule has 3 N–H and O–H groups in total. The van der Waals surface area contributed by atoms with Crippen LogP contribution < -0.4 is 24.2 Å². The summed E-state index contributed by atoms with van der Waals surface area (Å²) in [6, 6.07) is 14.3. The third-order valence-electron chi connectivity index (χ3n) is 4.60. The number of amides is 1. The molecule has 186 valence electrons. The molecule has 0 aliphatic heterocycles. The number of ether oxygens (including phenoxy) is 2. The summed E-state index contributed by atoms with van der Waals surface area (Å²) in [6.07, 6.45) is 0.983. The van der Waals surface area contributed by atoms with Crippen LogP contribution in [0.15, 0.2) is 65.6 Å². The summed E-state index contributed by atoms with van der Waals surface area (Å²) in [5, 5.41) is 2.67. The molecule has 0 fully saturated rings. The van der Waals surface area contributed by atoms with Gasteiger partial charge in [0, 0.05) is 17.3 Å². The summed E-state index contributed by atoms with van der Waals surface area (Å²) in [5.41, 5.74) is 0.857. The molecule has 0 heterocycles. The highest BCUT2D eigenvalue weighted by molar-refractivity contribution is 7.92. The Morgan fingerprint density at radius 3 is 2.09 bits per heavy atom. The molecule has 0 saturated heterocycles. The Kier molecular flexibility index (Phi) is 7.78. The molecule has 1 amide bonds. The van der Waals surface area contributed by atoms with Crippen molar-refractivity contribution in [2.75, 3.05) is 35.2 Å². The molecule has 10 nitrogen and oxygen atoms in total. The van der Waals surface area contributed by atoms with Crippen molar-refractivity contribution in [2.24, 2.45) is 0 Å².